The fourth-order valence-corrected chi connectivity index (χ4v) is 1.16. The Morgan fingerprint density at radius 2 is 2.13 bits per heavy atom. The van der Waals surface area contributed by atoms with E-state index in [1.54, 1.807) is 0 Å². The van der Waals surface area contributed by atoms with Crippen molar-refractivity contribution >= 4 is 5.96 Å². The molecule has 0 aliphatic carbocycles. The van der Waals surface area contributed by atoms with Crippen LogP contribution in [0.4, 0.5) is 0 Å². The zero-order chi connectivity index (χ0) is 11.5. The summed E-state index contributed by atoms with van der Waals surface area (Å²) in [5, 5.41) is 3.08. The van der Waals surface area contributed by atoms with Crippen molar-refractivity contribution in [2.24, 2.45) is 10.7 Å². The largest absolute Gasteiger partial charge is 0.464 e. The molecule has 0 spiro atoms. The average Bonchev–Trinajstić information content (AvgIpc) is 2.45. The second-order valence-corrected chi connectivity index (χ2v) is 4.59. The van der Waals surface area contributed by atoms with Crippen LogP contribution in [0.1, 0.15) is 32.3 Å². The van der Waals surface area contributed by atoms with Gasteiger partial charge in [0.2, 0.25) is 0 Å². The third kappa shape index (κ3) is 4.54. The molecule has 0 aromatic carbocycles. The van der Waals surface area contributed by atoms with Crippen molar-refractivity contribution < 1.29 is 4.42 Å². The van der Waals surface area contributed by atoms with E-state index in [0.29, 0.717) is 12.5 Å². The van der Waals surface area contributed by atoms with Gasteiger partial charge in [0, 0.05) is 5.54 Å². The Labute approximate surface area is 90.6 Å². The maximum absolute atomic E-state index is 5.71. The van der Waals surface area contributed by atoms with Crippen LogP contribution in [-0.2, 0) is 6.54 Å². The normalized spacial score (nSPS) is 12.9. The molecule has 4 nitrogen and oxygen atoms in total. The van der Waals surface area contributed by atoms with Crippen LogP contribution in [-0.4, -0.2) is 11.5 Å². The standard InChI is InChI=1S/C11H19N3O/c1-8-5-6-9(15-8)7-13-10(12)14-11(2,3)4/h5-6H,7H2,1-4H3,(H3,12,13,14). The summed E-state index contributed by atoms with van der Waals surface area (Å²) in [5.41, 5.74) is 5.65. The second-order valence-electron chi connectivity index (χ2n) is 4.59. The number of rotatable bonds is 2. The molecule has 1 aromatic rings. The van der Waals surface area contributed by atoms with Gasteiger partial charge in [-0.2, -0.15) is 0 Å². The van der Waals surface area contributed by atoms with E-state index in [2.05, 4.69) is 10.3 Å². The molecule has 0 atom stereocenters. The SMILES string of the molecule is Cc1ccc(CN=C(N)NC(C)(C)C)o1. The lowest BCUT2D eigenvalue weighted by Crippen LogP contribution is -2.44. The van der Waals surface area contributed by atoms with Gasteiger partial charge in [-0.25, -0.2) is 4.99 Å². The fraction of sp³-hybridized carbons (Fsp3) is 0.545. The molecule has 0 saturated heterocycles. The third-order valence-corrected chi connectivity index (χ3v) is 1.70. The molecule has 1 aromatic heterocycles. The number of guanidine groups is 1. The Morgan fingerprint density at radius 3 is 2.60 bits per heavy atom. The predicted octanol–water partition coefficient (Wildman–Crippen LogP) is 1.79. The first-order valence-corrected chi connectivity index (χ1v) is 5.00. The van der Waals surface area contributed by atoms with Gasteiger partial charge in [-0.3, -0.25) is 0 Å². The van der Waals surface area contributed by atoms with Gasteiger partial charge in [-0.1, -0.05) is 0 Å². The molecule has 1 heterocycles. The zero-order valence-electron chi connectivity index (χ0n) is 9.79. The van der Waals surface area contributed by atoms with Crippen LogP contribution in [0.3, 0.4) is 0 Å². The summed E-state index contributed by atoms with van der Waals surface area (Å²) in [6.07, 6.45) is 0. The highest BCUT2D eigenvalue weighted by Gasteiger charge is 2.09. The molecule has 0 aliphatic heterocycles. The van der Waals surface area contributed by atoms with Gasteiger partial charge in [0.05, 0.1) is 0 Å². The van der Waals surface area contributed by atoms with Crippen LogP contribution in [0.2, 0.25) is 0 Å². The van der Waals surface area contributed by atoms with Gasteiger partial charge in [0.15, 0.2) is 5.96 Å². The molecule has 0 bridgehead atoms. The van der Waals surface area contributed by atoms with E-state index in [1.165, 1.54) is 0 Å². The minimum absolute atomic E-state index is 0.0628. The monoisotopic (exact) mass is 209 g/mol. The van der Waals surface area contributed by atoms with Gasteiger partial charge in [-0.15, -0.1) is 0 Å². The van der Waals surface area contributed by atoms with Crippen LogP contribution >= 0.6 is 0 Å². The van der Waals surface area contributed by atoms with E-state index in [-0.39, 0.29) is 5.54 Å². The number of nitrogens with zero attached hydrogens (tertiary/aromatic N) is 1. The number of aryl methyl sites for hydroxylation is 1. The molecule has 15 heavy (non-hydrogen) atoms. The summed E-state index contributed by atoms with van der Waals surface area (Å²) < 4.78 is 5.37. The summed E-state index contributed by atoms with van der Waals surface area (Å²) in [4.78, 5) is 4.18. The van der Waals surface area contributed by atoms with Crippen LogP contribution in [0.15, 0.2) is 21.5 Å². The molecule has 3 N–H and O–H groups in total. The maximum atomic E-state index is 5.71. The third-order valence-electron chi connectivity index (χ3n) is 1.70. The quantitative estimate of drug-likeness (QED) is 0.576. The second kappa shape index (κ2) is 4.38. The first-order chi connectivity index (χ1) is 6.87. The number of hydrogen-bond donors (Lipinski definition) is 2. The summed E-state index contributed by atoms with van der Waals surface area (Å²) >= 11 is 0. The number of nitrogens with two attached hydrogens (primary N) is 1. The molecule has 0 fully saturated rings. The highest BCUT2D eigenvalue weighted by molar-refractivity contribution is 5.78. The first kappa shape index (κ1) is 11.6. The van der Waals surface area contributed by atoms with E-state index >= 15 is 0 Å². The van der Waals surface area contributed by atoms with Crippen LogP contribution in [0, 0.1) is 6.92 Å². The Bertz CT molecular complexity index is 347. The summed E-state index contributed by atoms with van der Waals surface area (Å²) in [5.74, 6) is 2.16. The summed E-state index contributed by atoms with van der Waals surface area (Å²) in [7, 11) is 0. The molecular weight excluding hydrogens is 190 g/mol. The Hall–Kier alpha value is -1.45. The number of nitrogens with one attached hydrogen (secondary N) is 1. The van der Waals surface area contributed by atoms with Crippen molar-refractivity contribution in [2.45, 2.75) is 39.8 Å². The van der Waals surface area contributed by atoms with E-state index in [0.717, 1.165) is 11.5 Å². The molecule has 84 valence electrons. The minimum Gasteiger partial charge on any atom is -0.464 e. The summed E-state index contributed by atoms with van der Waals surface area (Å²) in [6.45, 7) is 8.48. The maximum Gasteiger partial charge on any atom is 0.189 e. The smallest absolute Gasteiger partial charge is 0.189 e. The van der Waals surface area contributed by atoms with Gasteiger partial charge >= 0.3 is 0 Å². The first-order valence-electron chi connectivity index (χ1n) is 5.00. The van der Waals surface area contributed by atoms with Gasteiger partial charge in [0.1, 0.15) is 18.1 Å². The van der Waals surface area contributed by atoms with Crippen molar-refractivity contribution in [3.8, 4) is 0 Å². The molecule has 0 saturated carbocycles. The lowest BCUT2D eigenvalue weighted by Gasteiger charge is -2.20. The van der Waals surface area contributed by atoms with Gasteiger partial charge in [-0.05, 0) is 39.8 Å². The Kier molecular flexibility index (Phi) is 3.39. The predicted molar refractivity (Wildman–Crippen MR) is 61.7 cm³/mol. The topological polar surface area (TPSA) is 63.5 Å². The highest BCUT2D eigenvalue weighted by atomic mass is 16.3. The summed E-state index contributed by atoms with van der Waals surface area (Å²) in [6, 6.07) is 3.82. The molecule has 1 rings (SSSR count). The van der Waals surface area contributed by atoms with Gasteiger partial charge < -0.3 is 15.5 Å². The lowest BCUT2D eigenvalue weighted by atomic mass is 10.1. The zero-order valence-corrected chi connectivity index (χ0v) is 9.79. The van der Waals surface area contributed by atoms with Crippen molar-refractivity contribution in [1.82, 2.24) is 5.32 Å². The number of hydrogen-bond acceptors (Lipinski definition) is 2. The average molecular weight is 209 g/mol. The van der Waals surface area contributed by atoms with Crippen LogP contribution in [0.25, 0.3) is 0 Å². The fourth-order valence-electron chi connectivity index (χ4n) is 1.16. The molecule has 0 radical (unpaired) electrons. The molecular formula is C11H19N3O. The van der Waals surface area contributed by atoms with E-state index < -0.39 is 0 Å². The molecule has 0 amide bonds. The van der Waals surface area contributed by atoms with E-state index in [1.807, 2.05) is 39.8 Å². The van der Waals surface area contributed by atoms with Gasteiger partial charge in [0.25, 0.3) is 0 Å². The Morgan fingerprint density at radius 1 is 1.47 bits per heavy atom. The number of aliphatic imine (C=N–C) groups is 1. The van der Waals surface area contributed by atoms with Crippen molar-refractivity contribution in [3.05, 3.63) is 23.7 Å². The highest BCUT2D eigenvalue weighted by Crippen LogP contribution is 2.07. The van der Waals surface area contributed by atoms with Crippen LogP contribution < -0.4 is 11.1 Å². The van der Waals surface area contributed by atoms with Crippen LogP contribution in [0.5, 0.6) is 0 Å². The van der Waals surface area contributed by atoms with Crippen molar-refractivity contribution in [3.63, 3.8) is 0 Å². The van der Waals surface area contributed by atoms with Crippen molar-refractivity contribution in [2.75, 3.05) is 0 Å². The molecule has 0 aliphatic rings. The Balaban J connectivity index is 2.51. The van der Waals surface area contributed by atoms with E-state index in [4.69, 9.17) is 10.2 Å². The molecule has 4 heteroatoms. The minimum atomic E-state index is -0.0628. The van der Waals surface area contributed by atoms with E-state index in [9.17, 15) is 0 Å². The molecule has 0 unspecified atom stereocenters. The number of furan rings is 1. The van der Waals surface area contributed by atoms with Crippen molar-refractivity contribution in [1.29, 1.82) is 0 Å². The lowest BCUT2D eigenvalue weighted by molar-refractivity contribution is 0.482.